The Morgan fingerprint density at radius 1 is 0.780 bits per heavy atom. The zero-order valence-corrected chi connectivity index (χ0v) is 30.5. The van der Waals surface area contributed by atoms with Crippen LogP contribution in [0.3, 0.4) is 0 Å². The van der Waals surface area contributed by atoms with Crippen molar-refractivity contribution < 1.29 is 33.8 Å². The topological polar surface area (TPSA) is 64.6 Å². The van der Waals surface area contributed by atoms with E-state index in [1.165, 1.54) is 40.7 Å². The molecule has 50 heavy (non-hydrogen) atoms. The molecule has 0 saturated heterocycles. The fourth-order valence-electron chi connectivity index (χ4n) is 7.49. The van der Waals surface area contributed by atoms with Gasteiger partial charge in [-0.3, -0.25) is 0 Å². The molecule has 1 aliphatic heterocycles. The Morgan fingerprint density at radius 3 is 2.34 bits per heavy atom. The zero-order valence-electron chi connectivity index (χ0n) is 30.5. The van der Waals surface area contributed by atoms with Crippen LogP contribution in [0.4, 0.5) is 0 Å². The predicted octanol–water partition coefficient (Wildman–Crippen LogP) is 9.88. The Bertz CT molecular complexity index is 1540. The first-order valence-corrected chi connectivity index (χ1v) is 18.7. The average molecular weight is 685 g/mol. The number of fused-ring (bicyclic) bond motifs is 7. The molecule has 7 heteroatoms. The second kappa shape index (κ2) is 16.8. The molecule has 6 rings (SSSR count). The third-order valence-electron chi connectivity index (χ3n) is 11.1. The van der Waals surface area contributed by atoms with Crippen molar-refractivity contribution in [1.29, 1.82) is 0 Å². The first-order valence-electron chi connectivity index (χ1n) is 18.7. The van der Waals surface area contributed by atoms with Crippen molar-refractivity contribution in [1.82, 2.24) is 0 Å². The maximum Gasteiger partial charge on any atom is 0.208 e. The third kappa shape index (κ3) is 8.39. The summed E-state index contributed by atoms with van der Waals surface area (Å²) in [5.41, 5.74) is 6.33. The molecule has 1 heterocycles. The normalized spacial score (nSPS) is 20.9. The highest BCUT2D eigenvalue weighted by Crippen LogP contribution is 2.52. The molecule has 0 bridgehead atoms. The van der Waals surface area contributed by atoms with Gasteiger partial charge in [-0.15, -0.1) is 6.58 Å². The second-order valence-corrected chi connectivity index (χ2v) is 15.3. The van der Waals surface area contributed by atoms with Crippen molar-refractivity contribution in [3.8, 4) is 17.2 Å². The van der Waals surface area contributed by atoms with Gasteiger partial charge in [0.05, 0.1) is 24.7 Å². The molecule has 3 aromatic carbocycles. The van der Waals surface area contributed by atoms with Gasteiger partial charge < -0.3 is 19.1 Å². The lowest BCUT2D eigenvalue weighted by Gasteiger charge is -2.46. The highest BCUT2D eigenvalue weighted by Gasteiger charge is 2.52. The van der Waals surface area contributed by atoms with Crippen LogP contribution in [0.25, 0.3) is 0 Å². The van der Waals surface area contributed by atoms with Gasteiger partial charge in [0.2, 0.25) is 6.29 Å². The average Bonchev–Trinajstić information content (AvgIpc) is 3.30. The van der Waals surface area contributed by atoms with Gasteiger partial charge in [0.1, 0.15) is 24.7 Å². The number of benzene rings is 3. The van der Waals surface area contributed by atoms with Crippen LogP contribution < -0.4 is 14.4 Å². The summed E-state index contributed by atoms with van der Waals surface area (Å²) in [6.45, 7) is 14.5. The highest BCUT2D eigenvalue weighted by molar-refractivity contribution is 5.55. The molecule has 0 radical (unpaired) electrons. The van der Waals surface area contributed by atoms with Crippen LogP contribution in [0.1, 0.15) is 106 Å². The molecule has 270 valence electrons. The molecule has 3 aromatic rings. The number of aryl methyl sites for hydroxylation is 2. The molecule has 0 spiro atoms. The van der Waals surface area contributed by atoms with Crippen LogP contribution in [0.5, 0.6) is 17.2 Å². The van der Waals surface area contributed by atoms with E-state index in [0.29, 0.717) is 32.2 Å². The minimum Gasteiger partial charge on any atom is -0.494 e. The second-order valence-electron chi connectivity index (χ2n) is 15.3. The first-order chi connectivity index (χ1) is 24.3. The van der Waals surface area contributed by atoms with E-state index in [4.69, 9.17) is 33.8 Å². The smallest absolute Gasteiger partial charge is 0.208 e. The largest absolute Gasteiger partial charge is 0.494 e. The summed E-state index contributed by atoms with van der Waals surface area (Å²) in [5.74, 6) is 2.53. The third-order valence-corrected chi connectivity index (χ3v) is 11.1. The van der Waals surface area contributed by atoms with E-state index in [-0.39, 0.29) is 17.4 Å². The number of ether oxygens (including phenoxy) is 3. The molecule has 0 saturated carbocycles. The summed E-state index contributed by atoms with van der Waals surface area (Å²) in [4.78, 5) is 22.0. The maximum absolute atomic E-state index is 7.15. The van der Waals surface area contributed by atoms with Crippen LogP contribution in [0, 0.1) is 10.8 Å². The van der Waals surface area contributed by atoms with Crippen LogP contribution >= 0.6 is 0 Å². The standard InChI is InChI=1S/C43H56O7/c1-6-27-45-46-29-14-8-7-13-28-44-33-21-23-34(24-22-33)50-47-30-43(5,42(2,3)4)41-48-37-25-19-31-15-9-11-17-35(31)39(37)40-36-18-12-10-16-32(36)20-26-38(40)49-41/h6,9,11,15,17,20-24,26,37,39,41H,1,7-8,10,12-14,16,18-19,25,27-30H2,2-5H3/t37?,39-,41?,43+/m0/s1. The lowest BCUT2D eigenvalue weighted by molar-refractivity contribution is -0.286. The molecule has 7 nitrogen and oxygen atoms in total. The van der Waals surface area contributed by atoms with Crippen LogP contribution in [-0.2, 0) is 38.7 Å². The van der Waals surface area contributed by atoms with Crippen molar-refractivity contribution in [3.63, 3.8) is 0 Å². The Balaban J connectivity index is 1.10. The SMILES string of the molecule is C=CCOOCCCCCCOc1ccc(OOC[C@](C)(C2Oc3ccc4c(c3[C@H]3c5ccccc5CCC3O2)CCCC4)C(C)(C)C)cc1. The molecule has 4 atom stereocenters. The van der Waals surface area contributed by atoms with E-state index < -0.39 is 11.7 Å². The minimum absolute atomic E-state index is 0.00993. The fourth-order valence-corrected chi connectivity index (χ4v) is 7.49. The number of hydrogen-bond donors (Lipinski definition) is 0. The summed E-state index contributed by atoms with van der Waals surface area (Å²) in [6.07, 6.45) is 11.9. The van der Waals surface area contributed by atoms with E-state index in [9.17, 15) is 0 Å². The maximum atomic E-state index is 7.15. The van der Waals surface area contributed by atoms with Crippen LogP contribution in [0.15, 0.2) is 73.3 Å². The Kier molecular flexibility index (Phi) is 12.2. The van der Waals surface area contributed by atoms with Gasteiger partial charge in [-0.05, 0) is 116 Å². The highest BCUT2D eigenvalue weighted by atomic mass is 17.2. The Hall–Kier alpha value is -3.36. The van der Waals surface area contributed by atoms with Gasteiger partial charge in [0.15, 0.2) is 5.75 Å². The van der Waals surface area contributed by atoms with Gasteiger partial charge in [0, 0.05) is 11.5 Å². The Morgan fingerprint density at radius 2 is 1.54 bits per heavy atom. The van der Waals surface area contributed by atoms with Crippen molar-refractivity contribution in [2.24, 2.45) is 10.8 Å². The number of unbranched alkanes of at least 4 members (excludes halogenated alkanes) is 3. The van der Waals surface area contributed by atoms with Gasteiger partial charge in [-0.25, -0.2) is 9.78 Å². The van der Waals surface area contributed by atoms with Crippen molar-refractivity contribution in [3.05, 3.63) is 101 Å². The molecule has 2 aliphatic carbocycles. The quantitative estimate of drug-likeness (QED) is 0.0644. The van der Waals surface area contributed by atoms with Crippen molar-refractivity contribution >= 4 is 0 Å². The molecule has 0 N–H and O–H groups in total. The summed E-state index contributed by atoms with van der Waals surface area (Å²) in [6, 6.07) is 21.0. The van der Waals surface area contributed by atoms with Gasteiger partial charge in [-0.1, -0.05) is 70.5 Å². The molecule has 3 aliphatic rings. The number of rotatable bonds is 16. The summed E-state index contributed by atoms with van der Waals surface area (Å²) in [5, 5.41) is 0. The monoisotopic (exact) mass is 684 g/mol. The van der Waals surface area contributed by atoms with E-state index >= 15 is 0 Å². The molecule has 0 fully saturated rings. The first kappa shape index (κ1) is 36.4. The van der Waals surface area contributed by atoms with Crippen LogP contribution in [-0.4, -0.2) is 38.8 Å². The van der Waals surface area contributed by atoms with E-state index in [2.05, 4.69) is 70.7 Å². The summed E-state index contributed by atoms with van der Waals surface area (Å²) < 4.78 is 20.1. The van der Waals surface area contributed by atoms with Crippen LogP contribution in [0.2, 0.25) is 0 Å². The predicted molar refractivity (Wildman–Crippen MR) is 196 cm³/mol. The molecular weight excluding hydrogens is 628 g/mol. The van der Waals surface area contributed by atoms with E-state index in [1.807, 2.05) is 24.3 Å². The zero-order chi connectivity index (χ0) is 35.0. The van der Waals surface area contributed by atoms with Crippen molar-refractivity contribution in [2.75, 3.05) is 26.4 Å². The fraction of sp³-hybridized carbons (Fsp3) is 0.535. The van der Waals surface area contributed by atoms with Crippen molar-refractivity contribution in [2.45, 2.75) is 110 Å². The lowest BCUT2D eigenvalue weighted by atomic mass is 9.67. The number of hydrogen-bond acceptors (Lipinski definition) is 7. The summed E-state index contributed by atoms with van der Waals surface area (Å²) in [7, 11) is 0. The van der Waals surface area contributed by atoms with Gasteiger partial charge >= 0.3 is 0 Å². The van der Waals surface area contributed by atoms with Gasteiger partial charge in [-0.2, -0.15) is 4.89 Å². The van der Waals surface area contributed by atoms with Gasteiger partial charge in [0.25, 0.3) is 0 Å². The molecule has 0 amide bonds. The summed E-state index contributed by atoms with van der Waals surface area (Å²) >= 11 is 0. The molecule has 0 aromatic heterocycles. The van der Waals surface area contributed by atoms with E-state index in [1.54, 1.807) is 6.08 Å². The Labute approximate surface area is 299 Å². The molecule has 2 unspecified atom stereocenters. The minimum atomic E-state index is -0.542. The lowest BCUT2D eigenvalue weighted by Crippen LogP contribution is -2.52. The molecular formula is C43H56O7. The van der Waals surface area contributed by atoms with E-state index in [0.717, 1.165) is 62.9 Å².